The van der Waals surface area contributed by atoms with Gasteiger partial charge in [0.05, 0.1) is 12.4 Å². The molecule has 0 aliphatic carbocycles. The van der Waals surface area contributed by atoms with Crippen molar-refractivity contribution in [2.75, 3.05) is 19.0 Å². The van der Waals surface area contributed by atoms with Crippen LogP contribution in [0.5, 0.6) is 0 Å². The molecule has 0 saturated carbocycles. The number of halogens is 2. The van der Waals surface area contributed by atoms with Gasteiger partial charge in [-0.25, -0.2) is 33.4 Å². The van der Waals surface area contributed by atoms with E-state index >= 15 is 8.78 Å². The fourth-order valence-corrected chi connectivity index (χ4v) is 5.70. The molecule has 4 rings (SSSR count). The fourth-order valence-electron chi connectivity index (χ4n) is 3.94. The van der Waals surface area contributed by atoms with Crippen molar-refractivity contribution in [1.29, 1.82) is 0 Å². The molecule has 12 nitrogen and oxygen atoms in total. The highest BCUT2D eigenvalue weighted by Gasteiger charge is 2.70. The molecule has 2 fully saturated rings. The third-order valence-electron chi connectivity index (χ3n) is 5.45. The van der Waals surface area contributed by atoms with Gasteiger partial charge in [-0.1, -0.05) is 0 Å². The zero-order valence-electron chi connectivity index (χ0n) is 19.5. The van der Waals surface area contributed by atoms with Crippen LogP contribution in [0.3, 0.4) is 0 Å². The van der Waals surface area contributed by atoms with Crippen LogP contribution in [-0.4, -0.2) is 68.9 Å². The number of fused-ring (bicyclic) bond motifs is 2. The van der Waals surface area contributed by atoms with Gasteiger partial charge in [0.1, 0.15) is 18.5 Å². The normalized spacial score (nSPS) is 34.3. The number of nitrogens with one attached hydrogen (secondary N) is 2. The number of carbonyl (C=O) groups is 1. The lowest BCUT2D eigenvalue weighted by molar-refractivity contribution is -0.214. The van der Waals surface area contributed by atoms with E-state index in [1.54, 1.807) is 27.8 Å². The zero-order chi connectivity index (χ0) is 25.1. The Morgan fingerprint density at radius 1 is 1.35 bits per heavy atom. The third kappa shape index (κ3) is 4.17. The second kappa shape index (κ2) is 8.45. The molecule has 2 N–H and O–H groups in total. The van der Waals surface area contributed by atoms with E-state index < -0.39 is 56.3 Å². The zero-order valence-corrected chi connectivity index (χ0v) is 20.4. The highest BCUT2D eigenvalue weighted by atomic mass is 31.2. The molecule has 4 heterocycles. The van der Waals surface area contributed by atoms with Gasteiger partial charge in [0, 0.05) is 7.05 Å². The van der Waals surface area contributed by atoms with Gasteiger partial charge in [-0.05, 0) is 34.6 Å². The number of carbonyl (C=O) groups excluding carboxylic acids is 1. The van der Waals surface area contributed by atoms with E-state index in [1.807, 2.05) is 0 Å². The predicted molar refractivity (Wildman–Crippen MR) is 115 cm³/mol. The summed E-state index contributed by atoms with van der Waals surface area (Å²) in [4.78, 5) is 24.8. The Morgan fingerprint density at radius 3 is 2.71 bits per heavy atom. The first-order valence-electron chi connectivity index (χ1n) is 10.7. The Kier molecular flexibility index (Phi) is 6.18. The Hall–Kier alpha value is -2.25. The van der Waals surface area contributed by atoms with Gasteiger partial charge in [-0.15, -0.1) is 0 Å². The predicted octanol–water partition coefficient (Wildman–Crippen LogP) is 2.55. The maximum atomic E-state index is 16.1. The molecule has 0 amide bonds. The van der Waals surface area contributed by atoms with Crippen LogP contribution in [0.15, 0.2) is 6.33 Å². The van der Waals surface area contributed by atoms with Crippen molar-refractivity contribution in [3.05, 3.63) is 12.2 Å². The van der Waals surface area contributed by atoms with Crippen LogP contribution in [0.4, 0.5) is 14.6 Å². The second-order valence-corrected chi connectivity index (χ2v) is 10.4. The topological polar surface area (TPSA) is 139 Å². The minimum Gasteiger partial charge on any atom is -0.462 e. The van der Waals surface area contributed by atoms with Crippen molar-refractivity contribution >= 4 is 30.7 Å². The molecule has 0 radical (unpaired) electrons. The lowest BCUT2D eigenvalue weighted by Gasteiger charge is -2.37. The van der Waals surface area contributed by atoms with E-state index in [2.05, 4.69) is 25.4 Å². The number of nitrogens with zero attached hydrogens (tertiary/aromatic N) is 4. The van der Waals surface area contributed by atoms with Crippen LogP contribution in [0.2, 0.25) is 0 Å². The van der Waals surface area contributed by atoms with E-state index in [9.17, 15) is 9.36 Å². The molecule has 0 aromatic carbocycles. The number of aromatic nitrogens is 4. The average Bonchev–Trinajstić information content (AvgIpc) is 3.24. The number of imidazole rings is 1. The molecule has 34 heavy (non-hydrogen) atoms. The quantitative estimate of drug-likeness (QED) is 0.443. The fraction of sp³-hybridized carbons (Fsp3) is 0.684. The monoisotopic (exact) mass is 504 g/mol. The summed E-state index contributed by atoms with van der Waals surface area (Å²) >= 11 is 0. The Bertz CT molecular complexity index is 1160. The molecule has 188 valence electrons. The average molecular weight is 504 g/mol. The number of hydrogen-bond donors (Lipinski definition) is 2. The molecule has 15 heteroatoms. The Labute approximate surface area is 194 Å². The molecule has 0 bridgehead atoms. The molecule has 2 saturated heterocycles. The molecule has 1 unspecified atom stereocenters. The van der Waals surface area contributed by atoms with Crippen LogP contribution >= 0.6 is 7.75 Å². The number of alkyl halides is 2. The SMILES string of the molecule is CNc1nc(C)nc2c1ncn2[C@@H]1O[C@]2(F)COP(=O)(N[C@@H](C)C(=O)OC(C)C)O[C@H]2[C@@]1(C)F. The van der Waals surface area contributed by atoms with Crippen LogP contribution in [0, 0.1) is 6.92 Å². The number of rotatable bonds is 6. The van der Waals surface area contributed by atoms with Crippen LogP contribution in [0.25, 0.3) is 11.2 Å². The first-order chi connectivity index (χ1) is 15.8. The van der Waals surface area contributed by atoms with Gasteiger partial charge >= 0.3 is 13.7 Å². The molecular weight excluding hydrogens is 477 g/mol. The van der Waals surface area contributed by atoms with Crippen LogP contribution < -0.4 is 10.4 Å². The van der Waals surface area contributed by atoms with Gasteiger partial charge in [-0.2, -0.15) is 0 Å². The summed E-state index contributed by atoms with van der Waals surface area (Å²) in [5, 5.41) is 5.25. The van der Waals surface area contributed by atoms with E-state index in [1.165, 1.54) is 17.8 Å². The lowest BCUT2D eigenvalue weighted by atomic mass is 9.97. The van der Waals surface area contributed by atoms with Gasteiger partial charge in [0.25, 0.3) is 5.85 Å². The van der Waals surface area contributed by atoms with Crippen molar-refractivity contribution in [3.63, 3.8) is 0 Å². The van der Waals surface area contributed by atoms with Gasteiger partial charge in [0.2, 0.25) is 0 Å². The van der Waals surface area contributed by atoms with Gasteiger partial charge in [0.15, 0.2) is 35.0 Å². The summed E-state index contributed by atoms with van der Waals surface area (Å²) < 4.78 is 67.1. The number of ether oxygens (including phenoxy) is 2. The standard InChI is InChI=1S/C19H27F2N6O6P/c1-9(2)31-15(28)10(3)26-34(29)30-7-19(21)16(33-34)18(5,20)17(32-19)27-8-23-12-13(22-6)24-11(4)25-14(12)27/h8-10,16-17H,7H2,1-6H3,(H,26,29)(H,22,24,25)/t10-,16-,17+,18+,19+,34?/m0/s1. The van der Waals surface area contributed by atoms with E-state index in [0.29, 0.717) is 17.2 Å². The van der Waals surface area contributed by atoms with E-state index in [0.717, 1.165) is 6.92 Å². The number of aryl methyl sites for hydroxylation is 1. The number of esters is 1. The summed E-state index contributed by atoms with van der Waals surface area (Å²) in [6, 6.07) is -1.12. The molecule has 0 spiro atoms. The van der Waals surface area contributed by atoms with Crippen molar-refractivity contribution in [2.24, 2.45) is 0 Å². The molecule has 2 aliphatic heterocycles. The first kappa shape index (κ1) is 24.9. The largest absolute Gasteiger partial charge is 0.462 e. The van der Waals surface area contributed by atoms with Crippen molar-refractivity contribution in [3.8, 4) is 0 Å². The minimum absolute atomic E-state index is 0.209. The Morgan fingerprint density at radius 2 is 2.06 bits per heavy atom. The molecule has 2 aromatic rings. The van der Waals surface area contributed by atoms with Crippen molar-refractivity contribution < 1.29 is 36.7 Å². The molecular formula is C19H27F2N6O6P. The van der Waals surface area contributed by atoms with Crippen LogP contribution in [-0.2, 0) is 27.9 Å². The number of anilines is 1. The lowest BCUT2D eigenvalue weighted by Crippen LogP contribution is -2.52. The highest BCUT2D eigenvalue weighted by molar-refractivity contribution is 7.51. The number of hydrogen-bond acceptors (Lipinski definition) is 10. The smallest absolute Gasteiger partial charge is 0.407 e. The van der Waals surface area contributed by atoms with Crippen molar-refractivity contribution in [2.45, 2.75) is 70.6 Å². The summed E-state index contributed by atoms with van der Waals surface area (Å²) in [5.41, 5.74) is -2.00. The summed E-state index contributed by atoms with van der Waals surface area (Å²) in [5.74, 6) is -2.71. The van der Waals surface area contributed by atoms with Gasteiger partial charge in [-0.3, -0.25) is 18.4 Å². The maximum Gasteiger partial charge on any atom is 0.407 e. The molecule has 2 aromatic heterocycles. The molecule has 6 atom stereocenters. The third-order valence-corrected chi connectivity index (χ3v) is 7.11. The highest BCUT2D eigenvalue weighted by Crippen LogP contribution is 2.61. The van der Waals surface area contributed by atoms with Crippen LogP contribution in [0.1, 0.15) is 39.7 Å². The summed E-state index contributed by atoms with van der Waals surface area (Å²) in [6.07, 6.45) is -2.69. The molecule has 2 aliphatic rings. The second-order valence-electron chi connectivity index (χ2n) is 8.69. The van der Waals surface area contributed by atoms with Crippen molar-refractivity contribution in [1.82, 2.24) is 24.6 Å². The first-order valence-corrected chi connectivity index (χ1v) is 12.2. The van der Waals surface area contributed by atoms with Gasteiger partial charge < -0.3 is 14.8 Å². The van der Waals surface area contributed by atoms with E-state index in [-0.39, 0.29) is 5.65 Å². The maximum absolute atomic E-state index is 16.1. The summed E-state index contributed by atoms with van der Waals surface area (Å²) in [7, 11) is -2.66. The Balaban J connectivity index is 1.63. The van der Waals surface area contributed by atoms with E-state index in [4.69, 9.17) is 18.5 Å². The minimum atomic E-state index is -4.30. The summed E-state index contributed by atoms with van der Waals surface area (Å²) in [6.45, 7) is 6.47.